The molecule has 6 rings (SSSR count). The third kappa shape index (κ3) is 6.25. The van der Waals surface area contributed by atoms with Crippen LogP contribution in [0.25, 0.3) is 17.3 Å². The van der Waals surface area contributed by atoms with Gasteiger partial charge in [0.1, 0.15) is 0 Å². The van der Waals surface area contributed by atoms with E-state index in [4.69, 9.17) is 5.10 Å². The number of sulfonamides is 1. The van der Waals surface area contributed by atoms with Crippen LogP contribution in [0.2, 0.25) is 0 Å². The van der Waals surface area contributed by atoms with Crippen LogP contribution in [0, 0.1) is 0 Å². The van der Waals surface area contributed by atoms with Crippen molar-refractivity contribution in [2.75, 3.05) is 32.4 Å². The molecule has 0 bridgehead atoms. The molecule has 1 saturated heterocycles. The maximum atomic E-state index is 13.2. The highest BCUT2D eigenvalue weighted by Gasteiger charge is 2.33. The van der Waals surface area contributed by atoms with E-state index in [1.54, 1.807) is 10.9 Å². The van der Waals surface area contributed by atoms with Crippen molar-refractivity contribution in [3.05, 3.63) is 70.3 Å². The molecule has 0 saturated carbocycles. The van der Waals surface area contributed by atoms with Crippen molar-refractivity contribution < 1.29 is 31.9 Å². The van der Waals surface area contributed by atoms with Crippen LogP contribution in [-0.4, -0.2) is 86.3 Å². The van der Waals surface area contributed by atoms with Gasteiger partial charge in [-0.2, -0.15) is 22.6 Å². The van der Waals surface area contributed by atoms with Crippen molar-refractivity contribution in [1.82, 2.24) is 29.0 Å². The molecule has 3 aliphatic rings. The van der Waals surface area contributed by atoms with Gasteiger partial charge in [0.15, 0.2) is 0 Å². The highest BCUT2D eigenvalue weighted by Crippen LogP contribution is 2.36. The second-order valence-corrected chi connectivity index (χ2v) is 13.6. The standard InChI is InChI=1S/C29H35F3N6O4S/c1-43(41,42)37-13-9-27-25(18-37)28(20-2-4-21(5-3-20)29(30,31)32)34-38(27)16-22(39)15-35-10-6-19(7-11-35)23-14-33-26-8-12-36(40)17-24(23)26/h2-5,8,12,14,19,22,33,39-40H,6-7,9-11,13,15-18H2,1H3. The Labute approximate surface area is 248 Å². The molecule has 5 heterocycles. The number of fused-ring (bicyclic) bond motifs is 2. The van der Waals surface area contributed by atoms with Gasteiger partial charge in [-0.05, 0) is 55.6 Å². The lowest BCUT2D eigenvalue weighted by Gasteiger charge is -2.34. The third-order valence-electron chi connectivity index (χ3n) is 8.72. The fraction of sp³-hybridized carbons (Fsp3) is 0.483. The highest BCUT2D eigenvalue weighted by atomic mass is 32.2. The molecule has 10 nitrogen and oxygen atoms in total. The minimum atomic E-state index is -4.47. The summed E-state index contributed by atoms with van der Waals surface area (Å²) in [5.74, 6) is 0.357. The first kappa shape index (κ1) is 29.9. The number of rotatable bonds is 7. The molecule has 1 unspecified atom stereocenters. The second-order valence-electron chi connectivity index (χ2n) is 11.7. The van der Waals surface area contributed by atoms with Crippen molar-refractivity contribution in [1.29, 1.82) is 0 Å². The number of nitrogens with one attached hydrogen (secondary N) is 1. The van der Waals surface area contributed by atoms with Gasteiger partial charge < -0.3 is 15.0 Å². The first-order valence-electron chi connectivity index (χ1n) is 14.3. The Morgan fingerprint density at radius 2 is 1.79 bits per heavy atom. The van der Waals surface area contributed by atoms with Gasteiger partial charge in [-0.3, -0.25) is 15.0 Å². The Kier molecular flexibility index (Phi) is 7.92. The molecular weight excluding hydrogens is 585 g/mol. The number of hydrogen-bond donors (Lipinski definition) is 3. The molecule has 3 aromatic rings. The van der Waals surface area contributed by atoms with Crippen LogP contribution in [0.3, 0.4) is 0 Å². The number of nitrogens with zero attached hydrogens (tertiary/aromatic N) is 5. The summed E-state index contributed by atoms with van der Waals surface area (Å²) in [6, 6.07) is 4.70. The molecular formula is C29H35F3N6O4S. The summed E-state index contributed by atoms with van der Waals surface area (Å²) in [6.45, 7) is 3.02. The van der Waals surface area contributed by atoms with Crippen LogP contribution < -0.4 is 0 Å². The Balaban J connectivity index is 1.15. The zero-order chi connectivity index (χ0) is 30.5. The SMILES string of the molecule is CS(=O)(=O)N1CCc2c(c(-c3ccc(C(F)(F)F)cc3)nn2CC(O)CN2CCC(c3c[nH]c4c3CN(O)C=C4)CC2)C1. The summed E-state index contributed by atoms with van der Waals surface area (Å²) in [4.78, 5) is 5.52. The number of aliphatic hydroxyl groups excluding tert-OH is 1. The van der Waals surface area contributed by atoms with Crippen LogP contribution in [0.1, 0.15) is 52.4 Å². The monoisotopic (exact) mass is 620 g/mol. The minimum Gasteiger partial charge on any atom is -0.390 e. The third-order valence-corrected chi connectivity index (χ3v) is 9.97. The molecule has 0 amide bonds. The number of benzene rings is 1. The smallest absolute Gasteiger partial charge is 0.390 e. The number of aromatic amines is 1. The molecule has 1 atom stereocenters. The lowest BCUT2D eigenvalue weighted by atomic mass is 9.87. The van der Waals surface area contributed by atoms with E-state index in [9.17, 15) is 31.9 Å². The lowest BCUT2D eigenvalue weighted by Crippen LogP contribution is -2.40. The molecule has 43 heavy (non-hydrogen) atoms. The van der Waals surface area contributed by atoms with Crippen molar-refractivity contribution in [3.63, 3.8) is 0 Å². The van der Waals surface area contributed by atoms with Crippen molar-refractivity contribution in [2.24, 2.45) is 0 Å². The normalized spacial score (nSPS) is 19.4. The van der Waals surface area contributed by atoms with Crippen LogP contribution in [0.15, 0.2) is 36.7 Å². The van der Waals surface area contributed by atoms with Crippen LogP contribution in [0.4, 0.5) is 13.2 Å². The van der Waals surface area contributed by atoms with Gasteiger partial charge in [0.2, 0.25) is 10.0 Å². The summed E-state index contributed by atoms with van der Waals surface area (Å²) in [5, 5.41) is 26.9. The molecule has 232 valence electrons. The van der Waals surface area contributed by atoms with E-state index < -0.39 is 27.9 Å². The van der Waals surface area contributed by atoms with Crippen LogP contribution >= 0.6 is 0 Å². The number of H-pyrrole nitrogens is 1. The Morgan fingerprint density at radius 1 is 1.07 bits per heavy atom. The summed E-state index contributed by atoms with van der Waals surface area (Å²) >= 11 is 0. The van der Waals surface area contributed by atoms with E-state index in [2.05, 4.69) is 9.88 Å². The molecule has 0 radical (unpaired) electrons. The number of hydrogen-bond acceptors (Lipinski definition) is 7. The van der Waals surface area contributed by atoms with Gasteiger partial charge in [0.05, 0.1) is 36.7 Å². The van der Waals surface area contributed by atoms with Crippen LogP contribution in [-0.2, 0) is 42.3 Å². The fourth-order valence-electron chi connectivity index (χ4n) is 6.48. The molecule has 1 fully saturated rings. The average Bonchev–Trinajstić information content (AvgIpc) is 3.53. The number of halogens is 3. The highest BCUT2D eigenvalue weighted by molar-refractivity contribution is 7.88. The predicted octanol–water partition coefficient (Wildman–Crippen LogP) is 3.63. The number of piperidine rings is 1. The Morgan fingerprint density at radius 3 is 2.47 bits per heavy atom. The van der Waals surface area contributed by atoms with Crippen molar-refractivity contribution in [2.45, 2.75) is 57.1 Å². The fourth-order valence-corrected chi connectivity index (χ4v) is 7.27. The zero-order valence-electron chi connectivity index (χ0n) is 23.8. The number of aromatic nitrogens is 3. The van der Waals surface area contributed by atoms with Crippen LogP contribution in [0.5, 0.6) is 0 Å². The molecule has 2 aromatic heterocycles. The Bertz CT molecular complexity index is 1610. The zero-order valence-corrected chi connectivity index (χ0v) is 24.6. The topological polar surface area (TPSA) is 118 Å². The summed E-state index contributed by atoms with van der Waals surface area (Å²) in [7, 11) is -3.48. The Hall–Kier alpha value is -3.17. The summed E-state index contributed by atoms with van der Waals surface area (Å²) < 4.78 is 67.1. The minimum absolute atomic E-state index is 0.0703. The van der Waals surface area contributed by atoms with Gasteiger partial charge >= 0.3 is 6.18 Å². The van der Waals surface area contributed by atoms with E-state index in [-0.39, 0.29) is 19.6 Å². The van der Waals surface area contributed by atoms with Gasteiger partial charge in [0.25, 0.3) is 0 Å². The molecule has 0 aliphatic carbocycles. The van der Waals surface area contributed by atoms with Gasteiger partial charge in [-0.25, -0.2) is 8.42 Å². The van der Waals surface area contributed by atoms with Crippen molar-refractivity contribution in [3.8, 4) is 11.3 Å². The molecule has 0 spiro atoms. The van der Waals surface area contributed by atoms with E-state index in [1.807, 2.05) is 12.3 Å². The first-order chi connectivity index (χ1) is 20.4. The first-order valence-corrected chi connectivity index (χ1v) is 16.2. The second kappa shape index (κ2) is 11.4. The van der Waals surface area contributed by atoms with E-state index in [0.717, 1.165) is 61.3 Å². The van der Waals surface area contributed by atoms with E-state index >= 15 is 0 Å². The maximum Gasteiger partial charge on any atom is 0.416 e. The molecule has 14 heteroatoms. The average molecular weight is 621 g/mol. The number of likely N-dealkylation sites (tertiary alicyclic amines) is 1. The van der Waals surface area contributed by atoms with E-state index in [0.29, 0.717) is 42.2 Å². The molecule has 3 N–H and O–H groups in total. The van der Waals surface area contributed by atoms with Gasteiger partial charge in [0, 0.05) is 66.5 Å². The predicted molar refractivity (Wildman–Crippen MR) is 153 cm³/mol. The number of hydroxylamine groups is 2. The number of alkyl halides is 3. The number of aliphatic hydroxyl groups is 1. The molecule has 1 aromatic carbocycles. The maximum absolute atomic E-state index is 13.2. The van der Waals surface area contributed by atoms with Gasteiger partial charge in [-0.15, -0.1) is 0 Å². The number of β-amino-alcohol motifs (C(OH)–C–C–N with tert-alkyl or cyclic N) is 1. The lowest BCUT2D eigenvalue weighted by molar-refractivity contribution is -0.137. The van der Waals surface area contributed by atoms with Crippen molar-refractivity contribution >= 4 is 16.1 Å². The van der Waals surface area contributed by atoms with Gasteiger partial charge in [-0.1, -0.05) is 12.1 Å². The summed E-state index contributed by atoms with van der Waals surface area (Å²) in [5.41, 5.74) is 4.91. The quantitative estimate of drug-likeness (QED) is 0.369. The largest absolute Gasteiger partial charge is 0.416 e. The summed E-state index contributed by atoms with van der Waals surface area (Å²) in [6.07, 6.45) is 3.67. The molecule has 3 aliphatic heterocycles. The van der Waals surface area contributed by atoms with E-state index in [1.165, 1.54) is 27.1 Å².